The van der Waals surface area contributed by atoms with Crippen molar-refractivity contribution in [1.82, 2.24) is 16.0 Å². The number of hydrogen-bond donors (Lipinski definition) is 8. The van der Waals surface area contributed by atoms with Gasteiger partial charge in [0.25, 0.3) is 0 Å². The van der Waals surface area contributed by atoms with Crippen LogP contribution in [0.5, 0.6) is 0 Å². The topological polar surface area (TPSA) is 258 Å². The summed E-state index contributed by atoms with van der Waals surface area (Å²) in [4.78, 5) is 63.7. The maximum atomic E-state index is 12.8. The number of carbonyl (C=O) groups is 5. The van der Waals surface area contributed by atoms with Crippen molar-refractivity contribution >= 4 is 35.6 Å². The van der Waals surface area contributed by atoms with Crippen LogP contribution in [0.2, 0.25) is 0 Å². The largest absolute Gasteiger partial charge is 0.480 e. The van der Waals surface area contributed by atoms with Gasteiger partial charge in [-0.3, -0.25) is 24.2 Å². The van der Waals surface area contributed by atoms with Crippen LogP contribution in [-0.4, -0.2) is 71.4 Å². The lowest BCUT2D eigenvalue weighted by atomic mass is 10.0. The van der Waals surface area contributed by atoms with E-state index in [0.717, 1.165) is 0 Å². The van der Waals surface area contributed by atoms with Crippen molar-refractivity contribution in [2.45, 2.75) is 77.0 Å². The minimum atomic E-state index is -1.18. The lowest BCUT2D eigenvalue weighted by Crippen LogP contribution is -2.56. The minimum absolute atomic E-state index is 0.00522. The number of primary amides is 1. The molecule has 14 heteroatoms. The van der Waals surface area contributed by atoms with E-state index in [9.17, 15) is 29.1 Å². The number of rotatable bonds is 16. The van der Waals surface area contributed by atoms with Gasteiger partial charge in [-0.15, -0.1) is 0 Å². The molecule has 0 rings (SSSR count). The summed E-state index contributed by atoms with van der Waals surface area (Å²) in [6.07, 6.45) is 0.552. The summed E-state index contributed by atoms with van der Waals surface area (Å²) < 4.78 is 0. The number of aliphatic carboxylic acids is 1. The van der Waals surface area contributed by atoms with Crippen molar-refractivity contribution in [2.75, 3.05) is 6.54 Å². The first kappa shape index (κ1) is 30.6. The summed E-state index contributed by atoms with van der Waals surface area (Å²) in [5.41, 5.74) is 21.4. The summed E-state index contributed by atoms with van der Waals surface area (Å²) in [6.45, 7) is 5.22. The first-order chi connectivity index (χ1) is 15.7. The average Bonchev–Trinajstić information content (AvgIpc) is 2.72. The monoisotopic (exact) mass is 486 g/mol. The van der Waals surface area contributed by atoms with Crippen LogP contribution in [0.1, 0.15) is 52.9 Å². The van der Waals surface area contributed by atoms with Gasteiger partial charge in [0.15, 0.2) is 5.96 Å². The molecule has 4 atom stereocenters. The predicted molar refractivity (Wildman–Crippen MR) is 125 cm³/mol. The second-order valence-electron chi connectivity index (χ2n) is 8.38. The zero-order chi connectivity index (χ0) is 26.4. The lowest BCUT2D eigenvalue weighted by Gasteiger charge is -2.24. The summed E-state index contributed by atoms with van der Waals surface area (Å²) in [5, 5.41) is 16.6. The molecule has 4 unspecified atom stereocenters. The van der Waals surface area contributed by atoms with Crippen LogP contribution < -0.4 is 38.9 Å². The number of hydrogen-bond acceptors (Lipinski definition) is 7. The molecule has 12 N–H and O–H groups in total. The minimum Gasteiger partial charge on any atom is -0.480 e. The molecule has 4 amide bonds. The Morgan fingerprint density at radius 3 is 1.94 bits per heavy atom. The maximum Gasteiger partial charge on any atom is 0.326 e. The number of nitrogens with one attached hydrogen (secondary N) is 3. The van der Waals surface area contributed by atoms with E-state index in [1.165, 1.54) is 6.92 Å². The van der Waals surface area contributed by atoms with Crippen molar-refractivity contribution in [3.8, 4) is 0 Å². The van der Waals surface area contributed by atoms with Gasteiger partial charge in [-0.25, -0.2) is 4.79 Å². The van der Waals surface area contributed by atoms with E-state index in [-0.39, 0.29) is 44.1 Å². The van der Waals surface area contributed by atoms with Crippen molar-refractivity contribution < 1.29 is 29.1 Å². The molecule has 14 nitrogen and oxygen atoms in total. The molecule has 0 saturated carbocycles. The molecule has 0 radical (unpaired) electrons. The number of carbonyl (C=O) groups excluding carboxylic acids is 4. The third-order valence-electron chi connectivity index (χ3n) is 4.69. The summed E-state index contributed by atoms with van der Waals surface area (Å²) in [7, 11) is 0. The van der Waals surface area contributed by atoms with E-state index in [1.807, 2.05) is 13.8 Å². The van der Waals surface area contributed by atoms with E-state index >= 15 is 0 Å². The first-order valence-electron chi connectivity index (χ1n) is 11.0. The molecular weight excluding hydrogens is 448 g/mol. The van der Waals surface area contributed by atoms with Crippen molar-refractivity contribution in [2.24, 2.45) is 33.8 Å². The predicted octanol–water partition coefficient (Wildman–Crippen LogP) is -2.76. The molecule has 0 aliphatic heterocycles. The van der Waals surface area contributed by atoms with Crippen LogP contribution in [0, 0.1) is 5.92 Å². The fourth-order valence-electron chi connectivity index (χ4n) is 2.85. The van der Waals surface area contributed by atoms with Gasteiger partial charge in [0.05, 0.1) is 6.04 Å². The molecule has 0 aliphatic carbocycles. The zero-order valence-electron chi connectivity index (χ0n) is 19.9. The van der Waals surface area contributed by atoms with Gasteiger partial charge < -0.3 is 44.0 Å². The zero-order valence-corrected chi connectivity index (χ0v) is 19.9. The molecule has 0 saturated heterocycles. The molecule has 0 aromatic rings. The number of carboxylic acid groups (broad SMARTS) is 1. The van der Waals surface area contributed by atoms with Gasteiger partial charge in [0.1, 0.15) is 18.1 Å². The van der Waals surface area contributed by atoms with Crippen molar-refractivity contribution in [3.05, 3.63) is 0 Å². The van der Waals surface area contributed by atoms with Crippen LogP contribution in [0.4, 0.5) is 0 Å². The number of carboxylic acids is 1. The lowest BCUT2D eigenvalue weighted by molar-refractivity contribution is -0.142. The Bertz CT molecular complexity index is 753. The standard InChI is InChI=1S/C20H38N8O6/c1-10(2)9-14(19(33)34)28-16(30)11(3)26-18(32)13(5-4-8-25-20(23)24)27-17(31)12(21)6-7-15(22)29/h10-14H,4-9,21H2,1-3H3,(H2,22,29)(H,26,32)(H,27,31)(H,28,30)(H,33,34)(H4,23,24,25). The average molecular weight is 487 g/mol. The molecular formula is C20H38N8O6. The molecule has 0 aliphatic rings. The van der Waals surface area contributed by atoms with Gasteiger partial charge in [-0.2, -0.15) is 0 Å². The quantitative estimate of drug-likeness (QED) is 0.0637. The Balaban J connectivity index is 5.20. The molecule has 34 heavy (non-hydrogen) atoms. The summed E-state index contributed by atoms with van der Waals surface area (Å²) in [5.74, 6) is -3.96. The van der Waals surface area contributed by atoms with Crippen LogP contribution in [-0.2, 0) is 24.0 Å². The second kappa shape index (κ2) is 15.4. The Kier molecular flexibility index (Phi) is 13.9. The molecule has 0 aromatic carbocycles. The van der Waals surface area contributed by atoms with E-state index in [2.05, 4.69) is 20.9 Å². The van der Waals surface area contributed by atoms with Crippen LogP contribution in [0.3, 0.4) is 0 Å². The van der Waals surface area contributed by atoms with Crippen LogP contribution >= 0.6 is 0 Å². The Hall–Kier alpha value is -3.42. The Morgan fingerprint density at radius 1 is 0.853 bits per heavy atom. The van der Waals surface area contributed by atoms with E-state index < -0.39 is 53.8 Å². The molecule has 0 fully saturated rings. The number of guanidine groups is 1. The van der Waals surface area contributed by atoms with Crippen molar-refractivity contribution in [1.29, 1.82) is 0 Å². The number of amides is 4. The molecule has 0 bridgehead atoms. The molecule has 0 heterocycles. The third kappa shape index (κ3) is 13.2. The van der Waals surface area contributed by atoms with Gasteiger partial charge >= 0.3 is 5.97 Å². The highest BCUT2D eigenvalue weighted by atomic mass is 16.4. The molecule has 0 spiro atoms. The first-order valence-corrected chi connectivity index (χ1v) is 11.0. The highest BCUT2D eigenvalue weighted by Crippen LogP contribution is 2.06. The van der Waals surface area contributed by atoms with Gasteiger partial charge in [-0.05, 0) is 38.5 Å². The number of nitrogens with zero attached hydrogens (tertiary/aromatic N) is 1. The van der Waals surface area contributed by atoms with E-state index in [0.29, 0.717) is 6.42 Å². The van der Waals surface area contributed by atoms with E-state index in [4.69, 9.17) is 22.9 Å². The highest BCUT2D eigenvalue weighted by Gasteiger charge is 2.28. The maximum absolute atomic E-state index is 12.8. The molecule has 194 valence electrons. The van der Waals surface area contributed by atoms with Gasteiger partial charge in [-0.1, -0.05) is 13.8 Å². The van der Waals surface area contributed by atoms with Crippen molar-refractivity contribution in [3.63, 3.8) is 0 Å². The fourth-order valence-corrected chi connectivity index (χ4v) is 2.85. The Morgan fingerprint density at radius 2 is 1.44 bits per heavy atom. The summed E-state index contributed by atoms with van der Waals surface area (Å²) >= 11 is 0. The number of nitrogens with two attached hydrogens (primary N) is 4. The van der Waals surface area contributed by atoms with E-state index in [1.54, 1.807) is 0 Å². The van der Waals surface area contributed by atoms with Gasteiger partial charge in [0.2, 0.25) is 23.6 Å². The SMILES string of the molecule is CC(C)CC(NC(=O)C(C)NC(=O)C(CCCN=C(N)N)NC(=O)C(N)CCC(N)=O)C(=O)O. The van der Waals surface area contributed by atoms with Crippen LogP contribution in [0.25, 0.3) is 0 Å². The third-order valence-corrected chi connectivity index (χ3v) is 4.69. The number of aliphatic imine (C=N–C) groups is 1. The fraction of sp³-hybridized carbons (Fsp3) is 0.700. The normalized spacial score (nSPS) is 14.3. The van der Waals surface area contributed by atoms with Gasteiger partial charge in [0, 0.05) is 13.0 Å². The smallest absolute Gasteiger partial charge is 0.326 e. The molecule has 0 aromatic heterocycles. The summed E-state index contributed by atoms with van der Waals surface area (Å²) in [6, 6.07) is -4.34. The Labute approximate surface area is 198 Å². The second-order valence-corrected chi connectivity index (χ2v) is 8.38. The highest BCUT2D eigenvalue weighted by molar-refractivity contribution is 5.94. The van der Waals surface area contributed by atoms with Crippen LogP contribution in [0.15, 0.2) is 4.99 Å².